The van der Waals surface area contributed by atoms with Crippen molar-refractivity contribution in [1.29, 1.82) is 0 Å². The number of hydrogen-bond acceptors (Lipinski definition) is 2. The van der Waals surface area contributed by atoms with Crippen LogP contribution in [0.3, 0.4) is 0 Å². The molecule has 0 spiro atoms. The third kappa shape index (κ3) is 3.17. The van der Waals surface area contributed by atoms with Crippen molar-refractivity contribution in [3.05, 3.63) is 27.3 Å². The van der Waals surface area contributed by atoms with Crippen LogP contribution in [0.25, 0.3) is 0 Å². The largest absolute Gasteiger partial charge is 0.478 e. The van der Waals surface area contributed by atoms with E-state index in [1.807, 2.05) is 29.5 Å². The van der Waals surface area contributed by atoms with Gasteiger partial charge in [0, 0.05) is 16.2 Å². The van der Waals surface area contributed by atoms with E-state index in [1.165, 1.54) is 0 Å². The molecular formula is C13H15IN2O3. The number of benzene rings is 1. The zero-order valence-corrected chi connectivity index (χ0v) is 12.7. The Morgan fingerprint density at radius 3 is 2.79 bits per heavy atom. The lowest BCUT2D eigenvalue weighted by Gasteiger charge is -2.22. The summed E-state index contributed by atoms with van der Waals surface area (Å²) in [6.07, 6.45) is 1.99. The van der Waals surface area contributed by atoms with E-state index in [1.54, 1.807) is 23.1 Å². The molecule has 1 heterocycles. The van der Waals surface area contributed by atoms with Crippen LogP contribution in [0.2, 0.25) is 0 Å². The molecule has 2 amide bonds. The van der Waals surface area contributed by atoms with E-state index in [0.29, 0.717) is 5.69 Å². The Kier molecular flexibility index (Phi) is 4.28. The number of nitrogens with zero attached hydrogens (tertiary/aromatic N) is 1. The molecule has 1 aromatic rings. The number of carboxylic acid groups (broad SMARTS) is 1. The number of carboxylic acids is 1. The summed E-state index contributed by atoms with van der Waals surface area (Å²) < 4.78 is 0.822. The maximum absolute atomic E-state index is 12.1. The Bertz CT molecular complexity index is 519. The molecule has 1 atom stereocenters. The fourth-order valence-electron chi connectivity index (χ4n) is 2.22. The summed E-state index contributed by atoms with van der Waals surface area (Å²) in [6.45, 7) is 2.72. The van der Waals surface area contributed by atoms with Crippen LogP contribution in [0.5, 0.6) is 0 Å². The van der Waals surface area contributed by atoms with Gasteiger partial charge in [-0.25, -0.2) is 9.59 Å². The SMILES string of the molecule is CC1CCCN1C(=O)Nc1ccc(I)cc1C(=O)O. The summed E-state index contributed by atoms with van der Waals surface area (Å²) in [7, 11) is 0. The van der Waals surface area contributed by atoms with Crippen LogP contribution in [-0.2, 0) is 0 Å². The Balaban J connectivity index is 2.19. The molecular weight excluding hydrogens is 359 g/mol. The lowest BCUT2D eigenvalue weighted by Crippen LogP contribution is -2.37. The molecule has 5 nitrogen and oxygen atoms in total. The number of carbonyl (C=O) groups excluding carboxylic acids is 1. The van der Waals surface area contributed by atoms with Crippen molar-refractivity contribution in [2.45, 2.75) is 25.8 Å². The number of urea groups is 1. The third-order valence-electron chi connectivity index (χ3n) is 3.27. The normalized spacial score (nSPS) is 18.4. The molecule has 1 aromatic carbocycles. The van der Waals surface area contributed by atoms with Gasteiger partial charge in [0.25, 0.3) is 0 Å². The molecule has 1 fully saturated rings. The van der Waals surface area contributed by atoms with Gasteiger partial charge >= 0.3 is 12.0 Å². The minimum Gasteiger partial charge on any atom is -0.478 e. The lowest BCUT2D eigenvalue weighted by atomic mass is 10.2. The van der Waals surface area contributed by atoms with E-state index in [2.05, 4.69) is 5.32 Å². The van der Waals surface area contributed by atoms with E-state index in [-0.39, 0.29) is 17.6 Å². The first-order valence-corrected chi connectivity index (χ1v) is 7.17. The number of nitrogens with one attached hydrogen (secondary N) is 1. The molecule has 0 aromatic heterocycles. The molecule has 19 heavy (non-hydrogen) atoms. The van der Waals surface area contributed by atoms with Crippen LogP contribution < -0.4 is 5.32 Å². The van der Waals surface area contributed by atoms with Crippen LogP contribution in [-0.4, -0.2) is 34.6 Å². The molecule has 102 valence electrons. The number of rotatable bonds is 2. The maximum atomic E-state index is 12.1. The molecule has 1 unspecified atom stereocenters. The average Bonchev–Trinajstić information content (AvgIpc) is 2.77. The summed E-state index contributed by atoms with van der Waals surface area (Å²) in [5.74, 6) is -1.04. The second-order valence-electron chi connectivity index (χ2n) is 4.61. The molecule has 2 N–H and O–H groups in total. The van der Waals surface area contributed by atoms with Gasteiger partial charge in [0.05, 0.1) is 11.3 Å². The highest BCUT2D eigenvalue weighted by Gasteiger charge is 2.25. The van der Waals surface area contributed by atoms with Gasteiger partial charge in [0.2, 0.25) is 0 Å². The van der Waals surface area contributed by atoms with E-state index >= 15 is 0 Å². The smallest absolute Gasteiger partial charge is 0.337 e. The Labute approximate surface area is 125 Å². The number of amides is 2. The molecule has 0 aliphatic carbocycles. The second-order valence-corrected chi connectivity index (χ2v) is 5.86. The number of hydrogen-bond donors (Lipinski definition) is 2. The minimum atomic E-state index is -1.04. The zero-order chi connectivity index (χ0) is 14.0. The van der Waals surface area contributed by atoms with Crippen LogP contribution in [0, 0.1) is 3.57 Å². The molecule has 1 aliphatic rings. The minimum absolute atomic E-state index is 0.118. The van der Waals surface area contributed by atoms with Gasteiger partial charge in [0.15, 0.2) is 0 Å². The number of carbonyl (C=O) groups is 2. The van der Waals surface area contributed by atoms with Crippen LogP contribution in [0.4, 0.5) is 10.5 Å². The number of aromatic carboxylic acids is 1. The van der Waals surface area contributed by atoms with Gasteiger partial charge in [-0.3, -0.25) is 0 Å². The highest BCUT2D eigenvalue weighted by atomic mass is 127. The first kappa shape index (κ1) is 14.1. The van der Waals surface area contributed by atoms with Gasteiger partial charge in [-0.15, -0.1) is 0 Å². The summed E-state index contributed by atoms with van der Waals surface area (Å²) >= 11 is 2.04. The fraction of sp³-hybridized carbons (Fsp3) is 0.385. The van der Waals surface area contributed by atoms with Crippen molar-refractivity contribution < 1.29 is 14.7 Å². The number of likely N-dealkylation sites (tertiary alicyclic amines) is 1. The standard InChI is InChI=1S/C13H15IN2O3/c1-8-3-2-6-16(8)13(19)15-11-5-4-9(14)7-10(11)12(17)18/h4-5,7-8H,2-3,6H2,1H3,(H,15,19)(H,17,18). The van der Waals surface area contributed by atoms with Crippen molar-refractivity contribution in [2.24, 2.45) is 0 Å². The average molecular weight is 374 g/mol. The first-order valence-electron chi connectivity index (χ1n) is 6.09. The molecule has 0 radical (unpaired) electrons. The Morgan fingerprint density at radius 1 is 1.47 bits per heavy atom. The number of anilines is 1. The van der Waals surface area contributed by atoms with Crippen molar-refractivity contribution in [3.8, 4) is 0 Å². The topological polar surface area (TPSA) is 69.6 Å². The van der Waals surface area contributed by atoms with Crippen LogP contribution in [0.15, 0.2) is 18.2 Å². The highest BCUT2D eigenvalue weighted by Crippen LogP contribution is 2.22. The molecule has 6 heteroatoms. The van der Waals surface area contributed by atoms with Crippen LogP contribution in [0.1, 0.15) is 30.1 Å². The van der Waals surface area contributed by atoms with Gasteiger partial charge in [0.1, 0.15) is 0 Å². The molecule has 1 aliphatic heterocycles. The summed E-state index contributed by atoms with van der Waals surface area (Å²) in [4.78, 5) is 25.0. The van der Waals surface area contributed by atoms with Gasteiger partial charge in [-0.05, 0) is 60.6 Å². The summed E-state index contributed by atoms with van der Waals surface area (Å²) in [6, 6.07) is 4.93. The Morgan fingerprint density at radius 2 is 2.21 bits per heavy atom. The van der Waals surface area contributed by atoms with E-state index in [0.717, 1.165) is 23.0 Å². The number of halogens is 1. The summed E-state index contributed by atoms with van der Waals surface area (Å²) in [5, 5.41) is 11.8. The monoisotopic (exact) mass is 374 g/mol. The second kappa shape index (κ2) is 5.77. The van der Waals surface area contributed by atoms with Gasteiger partial charge < -0.3 is 15.3 Å². The molecule has 2 rings (SSSR count). The summed E-state index contributed by atoms with van der Waals surface area (Å²) in [5.41, 5.74) is 0.462. The van der Waals surface area contributed by atoms with E-state index < -0.39 is 5.97 Å². The van der Waals surface area contributed by atoms with Crippen molar-refractivity contribution in [2.75, 3.05) is 11.9 Å². The molecule has 1 saturated heterocycles. The fourth-order valence-corrected chi connectivity index (χ4v) is 2.72. The predicted molar refractivity (Wildman–Crippen MR) is 80.5 cm³/mol. The van der Waals surface area contributed by atoms with E-state index in [4.69, 9.17) is 5.11 Å². The predicted octanol–water partition coefficient (Wildman–Crippen LogP) is 3.01. The highest BCUT2D eigenvalue weighted by molar-refractivity contribution is 14.1. The van der Waals surface area contributed by atoms with Crippen LogP contribution >= 0.6 is 22.6 Å². The molecule has 0 saturated carbocycles. The lowest BCUT2D eigenvalue weighted by molar-refractivity contribution is 0.0698. The van der Waals surface area contributed by atoms with Gasteiger partial charge in [-0.2, -0.15) is 0 Å². The van der Waals surface area contributed by atoms with Crippen molar-refractivity contribution in [1.82, 2.24) is 4.90 Å². The van der Waals surface area contributed by atoms with Crippen molar-refractivity contribution in [3.63, 3.8) is 0 Å². The quantitative estimate of drug-likeness (QED) is 0.782. The zero-order valence-electron chi connectivity index (χ0n) is 10.5. The Hall–Kier alpha value is -1.31. The van der Waals surface area contributed by atoms with E-state index in [9.17, 15) is 9.59 Å². The third-order valence-corrected chi connectivity index (χ3v) is 3.94. The molecule has 0 bridgehead atoms. The van der Waals surface area contributed by atoms with Gasteiger partial charge in [-0.1, -0.05) is 0 Å². The van der Waals surface area contributed by atoms with Crippen molar-refractivity contribution >= 4 is 40.3 Å². The maximum Gasteiger partial charge on any atom is 0.337 e. The first-order chi connectivity index (χ1) is 8.99.